The number of imidazole rings is 3. The average Bonchev–Trinajstić information content (AvgIpc) is 3.94. The summed E-state index contributed by atoms with van der Waals surface area (Å²) in [5.41, 5.74) is 15.5. The number of fused-ring (bicyclic) bond motifs is 7. The molecule has 4 unspecified atom stereocenters. The van der Waals surface area contributed by atoms with Crippen molar-refractivity contribution in [2.75, 3.05) is 18.9 Å². The number of ether oxygens (including phenoxy) is 2. The molecule has 5 N–H and O–H groups in total. The average molecular weight is 838 g/mol. The smallest absolute Gasteiger partial charge is 0.408 e. The monoisotopic (exact) mass is 837 g/mol. The van der Waals surface area contributed by atoms with Crippen molar-refractivity contribution >= 4 is 57.9 Å². The topological polar surface area (TPSA) is 326 Å². The van der Waals surface area contributed by atoms with E-state index in [-0.39, 0.29) is 33.9 Å². The number of phosphoric ester groups is 2. The Balaban J connectivity index is 1.20. The van der Waals surface area contributed by atoms with Crippen molar-refractivity contribution in [2.24, 2.45) is 5.11 Å². The van der Waals surface area contributed by atoms with E-state index in [1.807, 2.05) is 33.9 Å². The number of azide groups is 1. The second-order valence-corrected chi connectivity index (χ2v) is 22.4. The van der Waals surface area contributed by atoms with Gasteiger partial charge in [0.25, 0.3) is 5.56 Å². The number of hydrogen-bond donors (Lipinski definition) is 4. The molecule has 0 radical (unpaired) electrons. The molecule has 8 heterocycles. The molecule has 56 heavy (non-hydrogen) atoms. The molecule has 5 aromatic heterocycles. The number of nitrogen functional groups attached to an aromatic ring is 1. The van der Waals surface area contributed by atoms with Gasteiger partial charge in [0, 0.05) is 17.3 Å². The lowest BCUT2D eigenvalue weighted by Crippen LogP contribution is -2.50. The lowest BCUT2D eigenvalue weighted by atomic mass is 10.1. The van der Waals surface area contributed by atoms with Gasteiger partial charge in [-0.1, -0.05) is 25.9 Å². The molecule has 3 aliphatic heterocycles. The van der Waals surface area contributed by atoms with Gasteiger partial charge in [-0.05, 0) is 23.7 Å². The van der Waals surface area contributed by atoms with Crippen LogP contribution in [0.4, 0.5) is 5.82 Å². The molecule has 25 nitrogen and oxygen atoms in total. The Morgan fingerprint density at radius 1 is 0.982 bits per heavy atom. The normalized spacial score (nSPS) is 33.2. The van der Waals surface area contributed by atoms with Crippen molar-refractivity contribution < 1.29 is 50.9 Å². The van der Waals surface area contributed by atoms with Gasteiger partial charge < -0.3 is 29.4 Å². The maximum atomic E-state index is 14.1. The molecule has 10 atom stereocenters. The van der Waals surface area contributed by atoms with E-state index in [9.17, 15) is 29.2 Å². The Kier molecular flexibility index (Phi) is 9.52. The molecule has 0 amide bonds. The van der Waals surface area contributed by atoms with Gasteiger partial charge in [0.05, 0.1) is 25.9 Å². The zero-order valence-corrected chi connectivity index (χ0v) is 33.1. The van der Waals surface area contributed by atoms with Crippen molar-refractivity contribution in [1.29, 1.82) is 0 Å². The Morgan fingerprint density at radius 2 is 1.64 bits per heavy atom. The van der Waals surface area contributed by atoms with Gasteiger partial charge in [0.2, 0.25) is 5.78 Å². The predicted octanol–water partition coefficient (Wildman–Crippen LogP) is 2.68. The molecular weight excluding hydrogens is 800 g/mol. The molecule has 0 aliphatic carbocycles. The number of phosphoric acid groups is 2. The van der Waals surface area contributed by atoms with Crippen LogP contribution in [0.15, 0.2) is 41.3 Å². The van der Waals surface area contributed by atoms with E-state index < -0.39 is 96.8 Å². The number of anilines is 1. The van der Waals surface area contributed by atoms with Crippen molar-refractivity contribution in [3.63, 3.8) is 0 Å². The molecule has 5 aromatic rings. The minimum atomic E-state index is -5.16. The van der Waals surface area contributed by atoms with E-state index in [2.05, 4.69) is 39.9 Å². The van der Waals surface area contributed by atoms with Crippen LogP contribution in [0.5, 0.6) is 0 Å². The molecule has 3 aliphatic rings. The van der Waals surface area contributed by atoms with Gasteiger partial charge >= 0.3 is 15.6 Å². The highest BCUT2D eigenvalue weighted by molar-refractivity contribution is 7.47. The predicted molar refractivity (Wildman–Crippen MR) is 193 cm³/mol. The molecule has 300 valence electrons. The number of rotatable bonds is 5. The maximum absolute atomic E-state index is 14.1. The van der Waals surface area contributed by atoms with Crippen molar-refractivity contribution in [2.45, 2.75) is 87.9 Å². The first-order chi connectivity index (χ1) is 26.4. The minimum absolute atomic E-state index is 0.0149. The Labute approximate surface area is 316 Å². The lowest BCUT2D eigenvalue weighted by molar-refractivity contribution is -0.0670. The fraction of sp³-hybridized carbons (Fsp3) is 0.571. The number of nitrogens with zero attached hydrogens (tertiary/aromatic N) is 11. The van der Waals surface area contributed by atoms with Crippen molar-refractivity contribution in [3.8, 4) is 0 Å². The second kappa shape index (κ2) is 13.8. The minimum Gasteiger partial charge on any atom is -0.408 e. The van der Waals surface area contributed by atoms with Crippen LogP contribution in [-0.4, -0.2) is 111 Å². The highest BCUT2D eigenvalue weighted by Gasteiger charge is 2.56. The summed E-state index contributed by atoms with van der Waals surface area (Å²) in [6.45, 7) is 8.28. The van der Waals surface area contributed by atoms with Crippen LogP contribution in [0.2, 0.25) is 18.1 Å². The van der Waals surface area contributed by atoms with Crippen LogP contribution in [0.3, 0.4) is 0 Å². The summed E-state index contributed by atoms with van der Waals surface area (Å²) < 4.78 is 74.2. The highest BCUT2D eigenvalue weighted by atomic mass is 31.2. The van der Waals surface area contributed by atoms with Gasteiger partial charge in [-0.15, -0.1) is 0 Å². The molecule has 3 saturated heterocycles. The zero-order valence-electron chi connectivity index (χ0n) is 30.3. The number of nitrogens with one attached hydrogen (secondary N) is 1. The van der Waals surface area contributed by atoms with Crippen LogP contribution in [0, 0.1) is 0 Å². The third-order valence-electron chi connectivity index (χ3n) is 10.3. The molecular formula is C28H37N13O12P2Si. The Morgan fingerprint density at radius 3 is 2.36 bits per heavy atom. The molecule has 8 rings (SSSR count). The summed E-state index contributed by atoms with van der Waals surface area (Å²) in [5.74, 6) is 0.213. The van der Waals surface area contributed by atoms with Crippen molar-refractivity contribution in [3.05, 3.63) is 52.2 Å². The van der Waals surface area contributed by atoms with Crippen LogP contribution in [0.25, 0.3) is 38.5 Å². The van der Waals surface area contributed by atoms with E-state index >= 15 is 0 Å². The molecule has 0 spiro atoms. The number of hydrogen-bond acceptors (Lipinski definition) is 17. The second-order valence-electron chi connectivity index (χ2n) is 14.8. The first-order valence-electron chi connectivity index (χ1n) is 17.1. The quantitative estimate of drug-likeness (QED) is 0.0650. The standard InChI is InChI=1S/C28H37N13O12P2Si/c1-28(2,3)56(4,5)53-19-14-9-48-54(43,44)51-18-13(49-25(15(18)37-38-30)40-11-34-16-21(29)32-10-33-22(16)40)8-47-55(45,46)52-20(19)26(50-14)41-12-35-17-23(42)36-27-31-6-7-39(27)24(17)41/h6-7,10-15,18-20,25-26H,8-9H2,1-5H3,(H,43,44)(H,45,46)(H2,29,32,33)(H,31,36,42)/t13-,14-,15?,18-,19?,20-,25-,26-/m1/s1. The molecule has 3 fully saturated rings. The molecule has 0 aromatic carbocycles. The first kappa shape index (κ1) is 38.7. The van der Waals surface area contributed by atoms with Crippen molar-refractivity contribution in [1.82, 2.24) is 43.4 Å². The summed E-state index contributed by atoms with van der Waals surface area (Å²) in [6, 6.07) is -1.42. The highest BCUT2D eigenvalue weighted by Crippen LogP contribution is 2.55. The Bertz CT molecular complexity index is 2530. The zero-order chi connectivity index (χ0) is 39.9. The van der Waals surface area contributed by atoms with E-state index in [1.165, 1.54) is 38.7 Å². The van der Waals surface area contributed by atoms with E-state index in [1.54, 1.807) is 6.20 Å². The molecule has 28 heteroatoms. The number of H-pyrrole nitrogens is 1. The van der Waals surface area contributed by atoms with Crippen LogP contribution in [0.1, 0.15) is 33.2 Å². The Hall–Kier alpha value is -4.13. The third kappa shape index (κ3) is 6.75. The summed E-state index contributed by atoms with van der Waals surface area (Å²) in [4.78, 5) is 61.9. The summed E-state index contributed by atoms with van der Waals surface area (Å²) in [5, 5.41) is 3.38. The summed E-state index contributed by atoms with van der Waals surface area (Å²) >= 11 is 0. The van der Waals surface area contributed by atoms with Gasteiger partial charge in [0.1, 0.15) is 54.6 Å². The fourth-order valence-corrected chi connectivity index (χ4v) is 9.87. The van der Waals surface area contributed by atoms with Gasteiger partial charge in [-0.3, -0.25) is 41.4 Å². The van der Waals surface area contributed by atoms with E-state index in [0.717, 1.165) is 0 Å². The summed E-state index contributed by atoms with van der Waals surface area (Å²) in [7, 11) is -13.1. The molecule has 0 saturated carbocycles. The first-order valence-corrected chi connectivity index (χ1v) is 23.0. The van der Waals surface area contributed by atoms with E-state index in [4.69, 9.17) is 37.7 Å². The third-order valence-corrected chi connectivity index (χ3v) is 16.8. The van der Waals surface area contributed by atoms with Crippen LogP contribution in [-0.2, 0) is 41.1 Å². The van der Waals surface area contributed by atoms with Gasteiger partial charge in [-0.25, -0.2) is 34.0 Å². The summed E-state index contributed by atoms with van der Waals surface area (Å²) in [6.07, 6.45) is -2.97. The van der Waals surface area contributed by atoms with Gasteiger partial charge in [0.15, 0.2) is 37.2 Å². The fourth-order valence-electron chi connectivity index (χ4n) is 6.66. The van der Waals surface area contributed by atoms with Gasteiger partial charge in [-0.2, -0.15) is 0 Å². The van der Waals surface area contributed by atoms with Crippen LogP contribution >= 0.6 is 15.6 Å². The number of nitrogens with two attached hydrogens (primary N) is 1. The van der Waals surface area contributed by atoms with E-state index in [0.29, 0.717) is 0 Å². The largest absolute Gasteiger partial charge is 0.472 e. The maximum Gasteiger partial charge on any atom is 0.472 e. The molecule has 2 bridgehead atoms. The SMILES string of the molecule is CC(C)(C)[Si](C)(C)OC1[C@H]2OP(=O)(O)OC[C@H]3O[C@@H](n4cnc5c(N)ncnc54)C(N=[N+]=[N-])[C@@H]3OP(=O)(O)OC[C@H]1O[C@H]2n1cnc2c(=O)[nH]c3nccn3c21. The number of aromatic nitrogens is 9. The van der Waals surface area contributed by atoms with Crippen LogP contribution < -0.4 is 11.3 Å². The number of aromatic amines is 1. The lowest BCUT2D eigenvalue weighted by Gasteiger charge is -2.40.